The number of amides is 2. The van der Waals surface area contributed by atoms with Crippen molar-refractivity contribution in [3.8, 4) is 5.75 Å². The number of hydrogen-bond donors (Lipinski definition) is 5. The molecule has 0 aliphatic carbocycles. The zero-order chi connectivity index (χ0) is 29.8. The molecular formula is C24H36N8O8S3. The summed E-state index contributed by atoms with van der Waals surface area (Å²) in [5, 5.41) is 11.7. The molecule has 1 unspecified atom stereocenters. The van der Waals surface area contributed by atoms with Gasteiger partial charge in [-0.2, -0.15) is 27.0 Å². The third-order valence-corrected chi connectivity index (χ3v) is 7.22. The molecule has 1 aromatic carbocycles. The third-order valence-electron chi connectivity index (χ3n) is 6.21. The zero-order valence-electron chi connectivity index (χ0n) is 22.6. The maximum Gasteiger partial charge on any atom is 0.418 e. The van der Waals surface area contributed by atoms with Crippen molar-refractivity contribution in [1.29, 1.82) is 0 Å². The molecule has 2 atom stereocenters. The molecule has 0 radical (unpaired) electrons. The van der Waals surface area contributed by atoms with Crippen molar-refractivity contribution in [2.75, 3.05) is 32.0 Å². The predicted octanol–water partition coefficient (Wildman–Crippen LogP) is 0.181. The number of nitrogens with one attached hydrogen (secondary N) is 2. The lowest BCUT2D eigenvalue weighted by atomic mass is 9.84. The van der Waals surface area contributed by atoms with Crippen LogP contribution in [-0.4, -0.2) is 90.3 Å². The van der Waals surface area contributed by atoms with Crippen LogP contribution < -0.4 is 26.8 Å². The Morgan fingerprint density at radius 2 is 2.00 bits per heavy atom. The normalized spacial score (nSPS) is 20.0. The highest BCUT2D eigenvalue weighted by Gasteiger charge is 2.58. The van der Waals surface area contributed by atoms with Crippen molar-refractivity contribution in [3.63, 3.8) is 0 Å². The number of hydroxylamine groups is 2. The van der Waals surface area contributed by atoms with Crippen molar-refractivity contribution in [2.45, 2.75) is 45.3 Å². The Balaban J connectivity index is 0.00000323. The van der Waals surface area contributed by atoms with Crippen LogP contribution in [0.1, 0.15) is 39.0 Å². The summed E-state index contributed by atoms with van der Waals surface area (Å²) in [4.78, 5) is 39.3. The van der Waals surface area contributed by atoms with Gasteiger partial charge in [-0.15, -0.1) is 15.6 Å². The summed E-state index contributed by atoms with van der Waals surface area (Å²) >= 11 is 1.06. The van der Waals surface area contributed by atoms with Gasteiger partial charge in [0.1, 0.15) is 29.9 Å². The summed E-state index contributed by atoms with van der Waals surface area (Å²) in [6.45, 7) is 4.64. The number of carbonyl (C=O) groups excluding carboxylic acids is 2. The van der Waals surface area contributed by atoms with Gasteiger partial charge in [0.2, 0.25) is 0 Å². The van der Waals surface area contributed by atoms with Crippen LogP contribution in [0.25, 0.3) is 0 Å². The molecule has 16 nitrogen and oxygen atoms in total. The van der Waals surface area contributed by atoms with Gasteiger partial charge in [-0.1, -0.05) is 12.6 Å². The fourth-order valence-corrected chi connectivity index (χ4v) is 5.07. The largest absolute Gasteiger partial charge is 0.490 e. The fraction of sp³-hybridized carbons (Fsp3) is 0.458. The number of benzene rings is 1. The van der Waals surface area contributed by atoms with Crippen LogP contribution in [0.5, 0.6) is 5.75 Å². The second-order valence-electron chi connectivity index (χ2n) is 9.57. The topological polar surface area (TPSA) is 233 Å². The van der Waals surface area contributed by atoms with Crippen molar-refractivity contribution in [2.24, 2.45) is 15.9 Å². The highest BCUT2D eigenvalue weighted by Crippen LogP contribution is 2.33. The van der Waals surface area contributed by atoms with E-state index in [0.717, 1.165) is 36.4 Å². The molecule has 1 aromatic heterocycles. The molecule has 2 fully saturated rings. The number of β-lactam (4-membered cyclic amide) rings is 1. The Morgan fingerprint density at radius 1 is 1.30 bits per heavy atom. The number of carbonyl (C=O) groups is 2. The highest BCUT2D eigenvalue weighted by atomic mass is 32.3. The number of hydrogen-bond acceptors (Lipinski definition) is 13. The molecule has 7 N–H and O–H groups in total. The van der Waals surface area contributed by atoms with Crippen molar-refractivity contribution < 1.29 is 36.4 Å². The second-order valence-corrected chi connectivity index (χ2v) is 11.5. The van der Waals surface area contributed by atoms with Crippen LogP contribution in [0.4, 0.5) is 5.13 Å². The van der Waals surface area contributed by atoms with Gasteiger partial charge in [0, 0.05) is 17.5 Å². The Morgan fingerprint density at radius 3 is 2.56 bits per heavy atom. The van der Waals surface area contributed by atoms with Gasteiger partial charge in [0.15, 0.2) is 17.5 Å². The van der Waals surface area contributed by atoms with E-state index < -0.39 is 33.8 Å². The van der Waals surface area contributed by atoms with E-state index >= 15 is 0 Å². The molecule has 19 heteroatoms. The van der Waals surface area contributed by atoms with E-state index in [1.807, 2.05) is 0 Å². The van der Waals surface area contributed by atoms with Crippen LogP contribution in [0.2, 0.25) is 0 Å². The molecule has 0 bridgehead atoms. The molecule has 0 saturated carbocycles. The fourth-order valence-electron chi connectivity index (χ4n) is 4.07. The monoisotopic (exact) mass is 660 g/mol. The van der Waals surface area contributed by atoms with Gasteiger partial charge in [-0.25, -0.2) is 4.98 Å². The summed E-state index contributed by atoms with van der Waals surface area (Å²) in [7, 11) is -4.94. The first-order valence-electron chi connectivity index (χ1n) is 12.4. The van der Waals surface area contributed by atoms with Gasteiger partial charge in [0.25, 0.3) is 11.8 Å². The summed E-state index contributed by atoms with van der Waals surface area (Å²) in [5.41, 5.74) is 11.1. The first kappa shape index (κ1) is 35.7. The minimum Gasteiger partial charge on any atom is -0.490 e. The number of aromatic nitrogens is 1. The standard InChI is InChI=1S/C23H30N8O8S2.CH4.H2S/c1-23(2)18(21(33)31(23)39-41(34,35)36)29-20(32)17(16-12-40-22(25)28-16)30-38-10-9-37-15-5-3-13(4-6-15)19(24)27-14-7-8-26-11-14;;/h3-6,12,14,18,26H,7-11H2,1-2H3,(H2,24,27)(H2,25,28)(H,29,32)(H,34,35,36);1H4;1H2/b30-17-;;/t14?,18-;;/m1../s1. The van der Waals surface area contributed by atoms with Gasteiger partial charge >= 0.3 is 10.4 Å². The summed E-state index contributed by atoms with van der Waals surface area (Å²) in [5.74, 6) is -0.717. The Bertz CT molecular complexity index is 1440. The zero-order valence-corrected chi connectivity index (χ0v) is 25.3. The molecule has 2 aliphatic heterocycles. The number of anilines is 1. The van der Waals surface area contributed by atoms with Crippen molar-refractivity contribution >= 4 is 63.7 Å². The van der Waals surface area contributed by atoms with Crippen LogP contribution >= 0.6 is 24.8 Å². The average Bonchev–Trinajstić information content (AvgIpc) is 3.59. The number of aliphatic imine (C=N–C) groups is 1. The number of nitrogen functional groups attached to an aromatic ring is 1. The molecule has 3 heterocycles. The van der Waals surface area contributed by atoms with E-state index in [1.165, 1.54) is 19.2 Å². The first-order chi connectivity index (χ1) is 19.3. The Labute approximate surface area is 260 Å². The molecule has 2 aliphatic rings. The number of nitrogens with two attached hydrogens (primary N) is 2. The maximum atomic E-state index is 13.0. The van der Waals surface area contributed by atoms with Crippen LogP contribution in [0.15, 0.2) is 39.8 Å². The van der Waals surface area contributed by atoms with Gasteiger partial charge in [-0.05, 0) is 51.1 Å². The molecule has 2 aromatic rings. The SMILES string of the molecule is C.CC1(C)[C@H](NC(=O)/C(=N\OCCOc2ccc(C(N)=NC3CCNC3)cc2)c2csc(N)n2)C(=O)N1OS(=O)(=O)O.S. The van der Waals surface area contributed by atoms with Crippen molar-refractivity contribution in [3.05, 3.63) is 40.9 Å². The molecular weight excluding hydrogens is 625 g/mol. The van der Waals surface area contributed by atoms with Crippen LogP contribution in [0.3, 0.4) is 0 Å². The number of thiazole rings is 1. The summed E-state index contributed by atoms with van der Waals surface area (Å²) in [6.07, 6.45) is 0.949. The van der Waals surface area contributed by atoms with Crippen LogP contribution in [-0.2, 0) is 29.1 Å². The lowest BCUT2D eigenvalue weighted by Gasteiger charge is -2.50. The average molecular weight is 661 g/mol. The van der Waals surface area contributed by atoms with E-state index in [9.17, 15) is 18.0 Å². The molecule has 43 heavy (non-hydrogen) atoms. The number of oxime groups is 1. The Kier molecular flexibility index (Phi) is 12.3. The van der Waals surface area contributed by atoms with Gasteiger partial charge in [-0.3, -0.25) is 19.1 Å². The number of nitrogens with zero attached hydrogens (tertiary/aromatic N) is 4. The maximum absolute atomic E-state index is 13.0. The van der Waals surface area contributed by atoms with E-state index in [2.05, 4.69) is 30.0 Å². The van der Waals surface area contributed by atoms with Crippen LogP contribution in [0, 0.1) is 0 Å². The molecule has 4 rings (SSSR count). The Hall–Kier alpha value is -3.49. The molecule has 238 valence electrons. The number of amidine groups is 1. The number of rotatable bonds is 12. The third kappa shape index (κ3) is 9.00. The van der Waals surface area contributed by atoms with Gasteiger partial charge in [0.05, 0.1) is 11.6 Å². The number of ether oxygens (including phenoxy) is 1. The minimum absolute atomic E-state index is 0. The van der Waals surface area contributed by atoms with Crippen molar-refractivity contribution in [1.82, 2.24) is 20.7 Å². The lowest BCUT2D eigenvalue weighted by Crippen LogP contribution is -2.76. The molecule has 0 spiro atoms. The smallest absolute Gasteiger partial charge is 0.418 e. The molecule has 2 amide bonds. The van der Waals surface area contributed by atoms with E-state index in [-0.39, 0.29) is 56.7 Å². The highest BCUT2D eigenvalue weighted by molar-refractivity contribution is 7.80. The van der Waals surface area contributed by atoms with E-state index in [4.69, 9.17) is 25.6 Å². The summed E-state index contributed by atoms with van der Waals surface area (Å²) < 4.78 is 40.9. The summed E-state index contributed by atoms with van der Waals surface area (Å²) in [6, 6.07) is 6.07. The lowest BCUT2D eigenvalue weighted by molar-refractivity contribution is -0.218. The van der Waals surface area contributed by atoms with E-state index in [0.29, 0.717) is 16.6 Å². The second kappa shape index (κ2) is 14.8. The first-order valence-corrected chi connectivity index (χ1v) is 14.6. The predicted molar refractivity (Wildman–Crippen MR) is 166 cm³/mol. The molecule has 2 saturated heterocycles. The minimum atomic E-state index is -4.94. The van der Waals surface area contributed by atoms with E-state index in [1.54, 1.807) is 24.3 Å². The van der Waals surface area contributed by atoms with Gasteiger partial charge < -0.3 is 31.7 Å². The quantitative estimate of drug-likeness (QED) is 0.0512.